The van der Waals surface area contributed by atoms with Gasteiger partial charge in [0.05, 0.1) is 17.8 Å². The molecule has 0 bridgehead atoms. The summed E-state index contributed by atoms with van der Waals surface area (Å²) in [6.07, 6.45) is 1.61. The Morgan fingerprint density at radius 3 is 2.50 bits per heavy atom. The van der Waals surface area contributed by atoms with Crippen LogP contribution in [-0.2, 0) is 0 Å². The summed E-state index contributed by atoms with van der Waals surface area (Å²) in [7, 11) is 0. The van der Waals surface area contributed by atoms with Gasteiger partial charge in [0, 0.05) is 5.56 Å². The van der Waals surface area contributed by atoms with Gasteiger partial charge in [-0.15, -0.1) is 5.10 Å². The number of benzene rings is 1. The Morgan fingerprint density at radius 1 is 1.29 bits per heavy atom. The molecule has 0 radical (unpaired) electrons. The molecule has 0 atom stereocenters. The van der Waals surface area contributed by atoms with Crippen molar-refractivity contribution in [3.8, 4) is 17.3 Å². The summed E-state index contributed by atoms with van der Waals surface area (Å²) in [5, 5.41) is 16.1. The molecule has 0 aliphatic carbocycles. The number of nitrogens with two attached hydrogens (primary N) is 1. The van der Waals surface area contributed by atoms with E-state index in [1.165, 1.54) is 0 Å². The van der Waals surface area contributed by atoms with Crippen LogP contribution >= 0.6 is 0 Å². The van der Waals surface area contributed by atoms with Crippen LogP contribution in [0.4, 0.5) is 0 Å². The van der Waals surface area contributed by atoms with Crippen molar-refractivity contribution in [3.63, 3.8) is 0 Å². The molecule has 68 valence electrons. The molecule has 1 aromatic carbocycles. The Kier molecular flexibility index (Phi) is 1.88. The molecule has 1 heterocycles. The van der Waals surface area contributed by atoms with E-state index >= 15 is 0 Å². The minimum atomic E-state index is 0.619. The minimum Gasteiger partial charge on any atom is -0.322 e. The van der Waals surface area contributed by atoms with E-state index in [1.54, 1.807) is 18.3 Å². The van der Waals surface area contributed by atoms with E-state index in [9.17, 15) is 0 Å². The van der Waals surface area contributed by atoms with Crippen LogP contribution in [0.1, 0.15) is 5.56 Å². The van der Waals surface area contributed by atoms with Crippen molar-refractivity contribution in [3.05, 3.63) is 36.0 Å². The summed E-state index contributed by atoms with van der Waals surface area (Å²) in [5.41, 5.74) is 2.20. The molecule has 14 heavy (non-hydrogen) atoms. The zero-order chi connectivity index (χ0) is 9.97. The molecule has 0 spiro atoms. The van der Waals surface area contributed by atoms with Crippen LogP contribution in [0.2, 0.25) is 0 Å². The molecule has 2 rings (SSSR count). The van der Waals surface area contributed by atoms with Gasteiger partial charge in [-0.3, -0.25) is 0 Å². The Balaban J connectivity index is 2.39. The van der Waals surface area contributed by atoms with E-state index in [0.717, 1.165) is 10.4 Å². The van der Waals surface area contributed by atoms with Crippen LogP contribution in [-0.4, -0.2) is 15.1 Å². The lowest BCUT2D eigenvalue weighted by Crippen LogP contribution is -2.07. The third kappa shape index (κ3) is 1.41. The lowest BCUT2D eigenvalue weighted by molar-refractivity contribution is 0.766. The zero-order valence-corrected chi connectivity index (χ0v) is 7.25. The molecule has 5 heteroatoms. The molecule has 0 aliphatic heterocycles. The van der Waals surface area contributed by atoms with E-state index in [0.29, 0.717) is 11.3 Å². The highest BCUT2D eigenvalue weighted by atomic mass is 15.6. The van der Waals surface area contributed by atoms with Crippen LogP contribution < -0.4 is 5.84 Å². The summed E-state index contributed by atoms with van der Waals surface area (Å²) in [4.78, 5) is 1.15. The number of nitrogens with zero attached hydrogens (tertiary/aromatic N) is 4. The van der Waals surface area contributed by atoms with Crippen molar-refractivity contribution in [1.29, 1.82) is 5.26 Å². The van der Waals surface area contributed by atoms with Gasteiger partial charge in [0.25, 0.3) is 0 Å². The third-order valence-electron chi connectivity index (χ3n) is 1.82. The lowest BCUT2D eigenvalue weighted by atomic mass is 10.1. The van der Waals surface area contributed by atoms with E-state index in [2.05, 4.69) is 10.3 Å². The van der Waals surface area contributed by atoms with Crippen LogP contribution in [0.5, 0.6) is 0 Å². The number of nitriles is 1. The monoisotopic (exact) mass is 185 g/mol. The first-order chi connectivity index (χ1) is 6.79. The zero-order valence-electron chi connectivity index (χ0n) is 7.25. The maximum absolute atomic E-state index is 8.60. The van der Waals surface area contributed by atoms with Gasteiger partial charge in [0.2, 0.25) is 0 Å². The molecule has 0 aliphatic rings. The van der Waals surface area contributed by atoms with E-state index in [1.807, 2.05) is 18.2 Å². The van der Waals surface area contributed by atoms with Crippen molar-refractivity contribution in [2.24, 2.45) is 0 Å². The largest absolute Gasteiger partial charge is 0.322 e. The maximum Gasteiger partial charge on any atom is 0.115 e. The predicted octanol–water partition coefficient (Wildman–Crippen LogP) is 0.531. The smallest absolute Gasteiger partial charge is 0.115 e. The molecule has 0 unspecified atom stereocenters. The number of hydrogen-bond donors (Lipinski definition) is 1. The second kappa shape index (κ2) is 3.18. The fourth-order valence-electron chi connectivity index (χ4n) is 1.12. The molecular weight excluding hydrogens is 178 g/mol. The topological polar surface area (TPSA) is 80.5 Å². The van der Waals surface area contributed by atoms with Gasteiger partial charge in [0.1, 0.15) is 5.69 Å². The number of aromatic nitrogens is 3. The van der Waals surface area contributed by atoms with Crippen LogP contribution in [0.15, 0.2) is 30.5 Å². The Hall–Kier alpha value is -2.35. The van der Waals surface area contributed by atoms with Crippen molar-refractivity contribution in [2.75, 3.05) is 5.84 Å². The highest BCUT2D eigenvalue weighted by Crippen LogP contribution is 2.15. The Morgan fingerprint density at radius 2 is 2.00 bits per heavy atom. The van der Waals surface area contributed by atoms with Gasteiger partial charge in [-0.25, -0.2) is 0 Å². The van der Waals surface area contributed by atoms with E-state index in [-0.39, 0.29) is 0 Å². The third-order valence-corrected chi connectivity index (χ3v) is 1.82. The van der Waals surface area contributed by atoms with Gasteiger partial charge in [-0.1, -0.05) is 12.1 Å². The molecule has 0 saturated carbocycles. The minimum absolute atomic E-state index is 0.619. The van der Waals surface area contributed by atoms with Crippen molar-refractivity contribution < 1.29 is 0 Å². The van der Waals surface area contributed by atoms with Crippen molar-refractivity contribution in [1.82, 2.24) is 15.1 Å². The summed E-state index contributed by atoms with van der Waals surface area (Å²) in [5.74, 6) is 5.36. The van der Waals surface area contributed by atoms with Gasteiger partial charge >= 0.3 is 0 Å². The van der Waals surface area contributed by atoms with Gasteiger partial charge in [-0.05, 0) is 17.3 Å². The molecule has 0 saturated heterocycles. The van der Waals surface area contributed by atoms with Crippen LogP contribution in [0.25, 0.3) is 11.3 Å². The Labute approximate surface area is 80.4 Å². The molecule has 1 aromatic heterocycles. The molecule has 2 N–H and O–H groups in total. The molecular formula is C9H7N5. The first-order valence-corrected chi connectivity index (χ1v) is 3.97. The Bertz CT molecular complexity index is 477. The van der Waals surface area contributed by atoms with Gasteiger partial charge < -0.3 is 5.84 Å². The van der Waals surface area contributed by atoms with Crippen LogP contribution in [0, 0.1) is 11.3 Å². The SMILES string of the molecule is N#Cc1ccc(-c2cn(N)nn2)cc1. The maximum atomic E-state index is 8.60. The summed E-state index contributed by atoms with van der Waals surface area (Å²) in [6, 6.07) is 9.12. The molecule has 5 nitrogen and oxygen atoms in total. The number of nitrogen functional groups attached to an aromatic ring is 1. The normalized spacial score (nSPS) is 9.64. The fourth-order valence-corrected chi connectivity index (χ4v) is 1.12. The molecule has 2 aromatic rings. The van der Waals surface area contributed by atoms with Crippen molar-refractivity contribution in [2.45, 2.75) is 0 Å². The standard InChI is InChI=1S/C9H7N5/c10-5-7-1-3-8(4-2-7)9-6-14(11)13-12-9/h1-4,6H,11H2. The quantitative estimate of drug-likeness (QED) is 0.657. The highest BCUT2D eigenvalue weighted by Gasteiger charge is 2.01. The molecule has 0 amide bonds. The van der Waals surface area contributed by atoms with Gasteiger partial charge in [0.15, 0.2) is 0 Å². The van der Waals surface area contributed by atoms with Crippen molar-refractivity contribution >= 4 is 0 Å². The van der Waals surface area contributed by atoms with Gasteiger partial charge in [-0.2, -0.15) is 10.1 Å². The van der Waals surface area contributed by atoms with Crippen LogP contribution in [0.3, 0.4) is 0 Å². The average Bonchev–Trinajstić information content (AvgIpc) is 2.65. The molecule has 0 fully saturated rings. The lowest BCUT2D eigenvalue weighted by Gasteiger charge is -1.93. The average molecular weight is 185 g/mol. The number of rotatable bonds is 1. The summed E-state index contributed by atoms with van der Waals surface area (Å²) >= 11 is 0. The summed E-state index contributed by atoms with van der Waals surface area (Å²) in [6.45, 7) is 0. The van der Waals surface area contributed by atoms with E-state index < -0.39 is 0 Å². The van der Waals surface area contributed by atoms with E-state index in [4.69, 9.17) is 11.1 Å². The number of hydrogen-bond acceptors (Lipinski definition) is 4. The second-order valence-electron chi connectivity index (χ2n) is 2.77. The predicted molar refractivity (Wildman–Crippen MR) is 50.3 cm³/mol. The summed E-state index contributed by atoms with van der Waals surface area (Å²) < 4.78 is 0. The first kappa shape index (κ1) is 8.26. The second-order valence-corrected chi connectivity index (χ2v) is 2.77. The highest BCUT2D eigenvalue weighted by molar-refractivity contribution is 5.58. The fraction of sp³-hybridized carbons (Fsp3) is 0. The first-order valence-electron chi connectivity index (χ1n) is 3.97.